The van der Waals surface area contributed by atoms with Gasteiger partial charge in [-0.1, -0.05) is 24.3 Å². The van der Waals surface area contributed by atoms with E-state index in [9.17, 15) is 8.42 Å². The van der Waals surface area contributed by atoms with Crippen LogP contribution in [0, 0.1) is 0 Å². The molecule has 2 heterocycles. The van der Waals surface area contributed by atoms with E-state index in [-0.39, 0.29) is 9.79 Å². The smallest absolute Gasteiger partial charge is 0.206 e. The van der Waals surface area contributed by atoms with Gasteiger partial charge in [-0.05, 0) is 72.8 Å². The number of aromatic nitrogens is 4. The van der Waals surface area contributed by atoms with Crippen LogP contribution in [-0.2, 0) is 9.84 Å². The van der Waals surface area contributed by atoms with Gasteiger partial charge in [0.05, 0.1) is 31.9 Å². The monoisotopic (exact) mass is 450 g/mol. The maximum atomic E-state index is 13.2. The van der Waals surface area contributed by atoms with E-state index in [0.717, 1.165) is 33.2 Å². The lowest BCUT2D eigenvalue weighted by Crippen LogP contribution is -2.02. The second-order valence-corrected chi connectivity index (χ2v) is 9.71. The number of benzene rings is 4. The number of hydrogen-bond acceptors (Lipinski definition) is 4. The predicted octanol–water partition coefficient (Wildman–Crippen LogP) is 5.61. The van der Waals surface area contributed by atoms with Gasteiger partial charge in [-0.2, -0.15) is 0 Å². The summed E-state index contributed by atoms with van der Waals surface area (Å²) < 4.78 is 26.3. The Balaban J connectivity index is 1.29. The third-order valence-electron chi connectivity index (χ3n) is 5.65. The Morgan fingerprint density at radius 3 is 1.30 bits per heavy atom. The Morgan fingerprint density at radius 2 is 0.909 bits per heavy atom. The summed E-state index contributed by atoms with van der Waals surface area (Å²) in [6, 6.07) is 29.1. The molecule has 2 aromatic heterocycles. The minimum atomic E-state index is -3.65. The normalized spacial score (nSPS) is 11.9. The zero-order valence-corrected chi connectivity index (χ0v) is 18.2. The molecular weight excluding hydrogens is 432 g/mol. The van der Waals surface area contributed by atoms with E-state index in [1.165, 1.54) is 0 Å². The second kappa shape index (κ2) is 7.43. The summed E-state index contributed by atoms with van der Waals surface area (Å²) in [5.41, 5.74) is 5.26. The molecule has 0 fully saturated rings. The van der Waals surface area contributed by atoms with Gasteiger partial charge in [0.15, 0.2) is 0 Å². The number of fused-ring (bicyclic) bond motifs is 2. The van der Waals surface area contributed by atoms with E-state index in [0.29, 0.717) is 11.6 Å². The number of para-hydroxylation sites is 4. The standard InChI is InChI=1S/C26H18N4O2S/c31-33(32,19-13-9-17(10-14-19)25-27-21-5-1-2-6-22(21)28-25)20-15-11-18(12-16-20)26-29-23-7-3-4-8-24(23)30-26/h1-16H,(H,27,28)(H,29,30). The number of nitrogens with one attached hydrogen (secondary N) is 2. The Kier molecular flexibility index (Phi) is 4.38. The number of aromatic amines is 2. The van der Waals surface area contributed by atoms with Crippen LogP contribution in [0.25, 0.3) is 44.8 Å². The molecule has 0 saturated carbocycles. The fraction of sp³-hybridized carbons (Fsp3) is 0. The van der Waals surface area contributed by atoms with Crippen molar-refractivity contribution in [3.63, 3.8) is 0 Å². The topological polar surface area (TPSA) is 91.5 Å². The first-order valence-electron chi connectivity index (χ1n) is 10.4. The summed E-state index contributed by atoms with van der Waals surface area (Å²) in [5.74, 6) is 1.41. The Labute approximate surface area is 189 Å². The van der Waals surface area contributed by atoms with Crippen LogP contribution in [0.5, 0.6) is 0 Å². The van der Waals surface area contributed by atoms with Crippen molar-refractivity contribution >= 4 is 31.9 Å². The number of rotatable bonds is 4. The van der Waals surface area contributed by atoms with Gasteiger partial charge in [-0.15, -0.1) is 0 Å². The average molecular weight is 451 g/mol. The highest BCUT2D eigenvalue weighted by atomic mass is 32.2. The molecule has 0 aliphatic heterocycles. The molecule has 0 atom stereocenters. The van der Waals surface area contributed by atoms with Crippen LogP contribution in [0.4, 0.5) is 0 Å². The van der Waals surface area contributed by atoms with Crippen LogP contribution < -0.4 is 0 Å². The Morgan fingerprint density at radius 1 is 0.515 bits per heavy atom. The molecule has 0 saturated heterocycles. The third-order valence-corrected chi connectivity index (χ3v) is 7.44. The van der Waals surface area contributed by atoms with Gasteiger partial charge in [0.25, 0.3) is 0 Å². The Bertz CT molecular complexity index is 1520. The molecule has 7 heteroatoms. The maximum Gasteiger partial charge on any atom is 0.206 e. The molecule has 0 aliphatic carbocycles. The summed E-state index contributed by atoms with van der Waals surface area (Å²) in [4.78, 5) is 16.1. The Hall–Kier alpha value is -4.23. The minimum Gasteiger partial charge on any atom is -0.338 e. The van der Waals surface area contributed by atoms with Gasteiger partial charge >= 0.3 is 0 Å². The van der Waals surface area contributed by atoms with Gasteiger partial charge in [0.1, 0.15) is 11.6 Å². The summed E-state index contributed by atoms with van der Waals surface area (Å²) in [7, 11) is -3.65. The summed E-state index contributed by atoms with van der Waals surface area (Å²) in [6.45, 7) is 0. The molecule has 4 aromatic carbocycles. The number of nitrogens with zero attached hydrogens (tertiary/aromatic N) is 2. The average Bonchev–Trinajstić information content (AvgIpc) is 3.49. The third kappa shape index (κ3) is 3.39. The van der Waals surface area contributed by atoms with Crippen molar-refractivity contribution in [1.29, 1.82) is 0 Å². The van der Waals surface area contributed by atoms with Crippen LogP contribution in [0.15, 0.2) is 107 Å². The van der Waals surface area contributed by atoms with Crippen LogP contribution in [0.2, 0.25) is 0 Å². The van der Waals surface area contributed by atoms with Gasteiger partial charge in [-0.25, -0.2) is 18.4 Å². The number of sulfone groups is 1. The number of imidazole rings is 2. The van der Waals surface area contributed by atoms with Crippen LogP contribution in [0.1, 0.15) is 0 Å². The van der Waals surface area contributed by atoms with Crippen LogP contribution >= 0.6 is 0 Å². The van der Waals surface area contributed by atoms with Crippen LogP contribution in [0.3, 0.4) is 0 Å². The summed E-state index contributed by atoms with van der Waals surface area (Å²) in [5, 5.41) is 0. The quantitative estimate of drug-likeness (QED) is 0.365. The predicted molar refractivity (Wildman–Crippen MR) is 129 cm³/mol. The van der Waals surface area contributed by atoms with Crippen LogP contribution in [-0.4, -0.2) is 28.4 Å². The van der Waals surface area contributed by atoms with E-state index in [1.54, 1.807) is 48.5 Å². The lowest BCUT2D eigenvalue weighted by atomic mass is 10.2. The number of H-pyrrole nitrogens is 2. The molecule has 0 amide bonds. The van der Waals surface area contributed by atoms with E-state index < -0.39 is 9.84 Å². The lowest BCUT2D eigenvalue weighted by molar-refractivity contribution is 0.596. The highest BCUT2D eigenvalue weighted by Crippen LogP contribution is 2.27. The van der Waals surface area contributed by atoms with Crippen molar-refractivity contribution in [2.75, 3.05) is 0 Å². The molecular formula is C26H18N4O2S. The molecule has 0 aliphatic rings. The van der Waals surface area contributed by atoms with E-state index in [1.807, 2.05) is 48.5 Å². The van der Waals surface area contributed by atoms with E-state index in [4.69, 9.17) is 0 Å². The van der Waals surface area contributed by atoms with E-state index in [2.05, 4.69) is 19.9 Å². The number of hydrogen-bond donors (Lipinski definition) is 2. The summed E-state index contributed by atoms with van der Waals surface area (Å²) in [6.07, 6.45) is 0. The first-order chi connectivity index (χ1) is 16.1. The molecule has 0 unspecified atom stereocenters. The molecule has 0 radical (unpaired) electrons. The molecule has 33 heavy (non-hydrogen) atoms. The highest BCUT2D eigenvalue weighted by molar-refractivity contribution is 7.91. The van der Waals surface area contributed by atoms with Gasteiger partial charge in [0, 0.05) is 11.1 Å². The molecule has 6 aromatic rings. The zero-order chi connectivity index (χ0) is 22.4. The van der Waals surface area contributed by atoms with Crippen molar-refractivity contribution in [2.24, 2.45) is 0 Å². The molecule has 6 nitrogen and oxygen atoms in total. The van der Waals surface area contributed by atoms with Crippen molar-refractivity contribution < 1.29 is 8.42 Å². The van der Waals surface area contributed by atoms with Gasteiger partial charge in [-0.3, -0.25) is 0 Å². The van der Waals surface area contributed by atoms with Crippen molar-refractivity contribution in [2.45, 2.75) is 9.79 Å². The summed E-state index contributed by atoms with van der Waals surface area (Å²) >= 11 is 0. The van der Waals surface area contributed by atoms with Crippen molar-refractivity contribution in [1.82, 2.24) is 19.9 Å². The van der Waals surface area contributed by atoms with E-state index >= 15 is 0 Å². The maximum absolute atomic E-state index is 13.2. The van der Waals surface area contributed by atoms with Crippen molar-refractivity contribution in [3.8, 4) is 22.8 Å². The molecule has 6 rings (SSSR count). The van der Waals surface area contributed by atoms with Gasteiger partial charge < -0.3 is 9.97 Å². The molecule has 2 N–H and O–H groups in total. The zero-order valence-electron chi connectivity index (χ0n) is 17.4. The SMILES string of the molecule is O=S(=O)(c1ccc(-c2nc3ccccc3[nH]2)cc1)c1ccc(-c2nc3ccccc3[nH]2)cc1. The lowest BCUT2D eigenvalue weighted by Gasteiger charge is -2.06. The highest BCUT2D eigenvalue weighted by Gasteiger charge is 2.18. The first-order valence-corrected chi connectivity index (χ1v) is 11.9. The minimum absolute atomic E-state index is 0.235. The fourth-order valence-corrected chi connectivity index (χ4v) is 5.16. The molecule has 0 bridgehead atoms. The first kappa shape index (κ1) is 19.5. The van der Waals surface area contributed by atoms with Crippen molar-refractivity contribution in [3.05, 3.63) is 97.1 Å². The molecule has 160 valence electrons. The fourth-order valence-electron chi connectivity index (χ4n) is 3.90. The largest absolute Gasteiger partial charge is 0.338 e. The molecule has 0 spiro atoms. The van der Waals surface area contributed by atoms with Gasteiger partial charge in [0.2, 0.25) is 9.84 Å². The second-order valence-electron chi connectivity index (χ2n) is 7.76.